The van der Waals surface area contributed by atoms with Crippen molar-refractivity contribution in [2.24, 2.45) is 17.8 Å². The molecule has 0 amide bonds. The van der Waals surface area contributed by atoms with Crippen molar-refractivity contribution in [1.29, 1.82) is 0 Å². The lowest BCUT2D eigenvalue weighted by Crippen LogP contribution is -2.46. The van der Waals surface area contributed by atoms with E-state index < -0.39 is 23.3 Å². The van der Waals surface area contributed by atoms with Crippen LogP contribution in [0.1, 0.15) is 56.5 Å². The summed E-state index contributed by atoms with van der Waals surface area (Å²) in [6.07, 6.45) is 14.2. The van der Waals surface area contributed by atoms with Crippen molar-refractivity contribution >= 4 is 56.3 Å². The first-order valence-corrected chi connectivity index (χ1v) is 40.2. The van der Waals surface area contributed by atoms with Gasteiger partial charge in [-0.2, -0.15) is 0 Å². The topological polar surface area (TPSA) is 223 Å². The Morgan fingerprint density at radius 2 is 0.958 bits per heavy atom. The Morgan fingerprint density at radius 1 is 0.475 bits per heavy atom. The van der Waals surface area contributed by atoms with E-state index in [1.807, 2.05) is 68.1 Å². The molecular weight excluding hydrogens is 1510 g/mol. The zero-order valence-electron chi connectivity index (χ0n) is 67.3. The molecule has 0 saturated carbocycles. The summed E-state index contributed by atoms with van der Waals surface area (Å²) < 4.78 is 83.3. The van der Waals surface area contributed by atoms with Crippen LogP contribution in [0, 0.1) is 54.9 Å². The van der Waals surface area contributed by atoms with Crippen LogP contribution in [-0.4, -0.2) is 190 Å². The van der Waals surface area contributed by atoms with Crippen LogP contribution in [0.4, 0.5) is 34.6 Å². The first kappa shape index (κ1) is 79.7. The third-order valence-electron chi connectivity index (χ3n) is 23.6. The van der Waals surface area contributed by atoms with Crippen molar-refractivity contribution in [2.45, 2.75) is 59.4 Å². The Hall–Kier alpha value is -12.1. The van der Waals surface area contributed by atoms with E-state index in [9.17, 15) is 36.7 Å². The van der Waals surface area contributed by atoms with Crippen molar-refractivity contribution in [1.82, 2.24) is 62.5 Å². The van der Waals surface area contributed by atoms with E-state index in [0.29, 0.717) is 103 Å². The molecule has 5 saturated heterocycles. The molecule has 24 nitrogen and oxygen atoms in total. The number of aryl methyl sites for hydroxylation is 2. The van der Waals surface area contributed by atoms with Gasteiger partial charge in [-0.3, -0.25) is 41.7 Å². The molecule has 5 fully saturated rings. The highest BCUT2D eigenvalue weighted by atomic mass is 19.1. The number of piperazine rings is 1. The summed E-state index contributed by atoms with van der Waals surface area (Å²) in [5.74, 6) is 1.02. The number of ether oxygens (including phenoxy) is 3. The minimum Gasteiger partial charge on any atom is -0.494 e. The second-order valence-corrected chi connectivity index (χ2v) is 31.1. The van der Waals surface area contributed by atoms with Gasteiger partial charge in [0.05, 0.1) is 61.2 Å². The second-order valence-electron chi connectivity index (χ2n) is 31.1. The highest BCUT2D eigenvalue weighted by Gasteiger charge is 2.40. The zero-order valence-corrected chi connectivity index (χ0v) is 67.3. The fourth-order valence-corrected chi connectivity index (χ4v) is 17.3. The number of fused-ring (bicyclic) bond motifs is 7. The summed E-state index contributed by atoms with van der Waals surface area (Å²) in [5.41, 5.74) is 12.1. The van der Waals surface area contributed by atoms with Gasteiger partial charge < -0.3 is 48.4 Å². The van der Waals surface area contributed by atoms with Crippen molar-refractivity contribution in [3.8, 4) is 62.3 Å². The number of pyridine rings is 4. The van der Waals surface area contributed by atoms with Gasteiger partial charge in [0.15, 0.2) is 52.0 Å². The number of nitrogens with one attached hydrogen (secondary N) is 1. The summed E-state index contributed by atoms with van der Waals surface area (Å²) in [6, 6.07) is 36.8. The molecule has 4 aromatic carbocycles. The number of likely N-dealkylation sites (N-methyl/N-ethyl adjacent to an activating group) is 1. The summed E-state index contributed by atoms with van der Waals surface area (Å²) >= 11 is 0. The van der Waals surface area contributed by atoms with Gasteiger partial charge in [0.2, 0.25) is 0 Å². The number of oxazole rings is 1. The molecule has 19 rings (SSSR count). The predicted octanol–water partition coefficient (Wildman–Crippen LogP) is 12.6. The zero-order chi connectivity index (χ0) is 82.2. The molecule has 0 radical (unpaired) electrons. The first-order chi connectivity index (χ1) is 57.2. The highest BCUT2D eigenvalue weighted by molar-refractivity contribution is 5.81. The van der Waals surface area contributed by atoms with E-state index in [4.69, 9.17) is 18.6 Å². The maximum atomic E-state index is 14.5. The number of piperidine rings is 1. The lowest BCUT2D eigenvalue weighted by Gasteiger charge is -2.35. The lowest BCUT2D eigenvalue weighted by atomic mass is 9.93. The van der Waals surface area contributed by atoms with E-state index in [2.05, 4.69) is 92.7 Å². The number of methoxy groups -OCH3 is 3. The van der Waals surface area contributed by atoms with Gasteiger partial charge in [0.1, 0.15) is 28.1 Å². The number of hydrogen-bond acceptors (Lipinski definition) is 20. The quantitative estimate of drug-likeness (QED) is 0.0999. The van der Waals surface area contributed by atoms with Crippen LogP contribution < -0.4 is 56.5 Å². The van der Waals surface area contributed by atoms with E-state index in [1.54, 1.807) is 60.9 Å². The molecule has 0 spiro atoms. The summed E-state index contributed by atoms with van der Waals surface area (Å²) in [7, 11) is 6.46. The average molecular weight is 1600 g/mol. The third kappa shape index (κ3) is 16.7. The SMILES string of the molecule is CCCN1CCN(c2ccc3nc(-c4cc(F)c5nc(C)oc5c4)cc(=O)n3c2)CC1.CCN1C[C@@H]2CN(c3ccc4nc(-c5ccc(OC)c(F)c5)cc(=O)n4c3)C[C@@H]2C1.COc1ccc(-c2cc(=O)n3cc(C4=CCNCC4)cc(C)c3n2)cc1F.COc1ccc(-c2cc(=O)n3cc(N4C[C@H]5CCCN(C)[C@H]5C4)ccc3n2)cc1F. The molecule has 610 valence electrons. The lowest BCUT2D eigenvalue weighted by molar-refractivity contribution is 0.158. The fourth-order valence-electron chi connectivity index (χ4n) is 17.3. The van der Waals surface area contributed by atoms with E-state index >= 15 is 0 Å². The van der Waals surface area contributed by atoms with Crippen LogP contribution in [0.15, 0.2) is 188 Å². The Labute approximate surface area is 678 Å². The molecule has 6 aliphatic rings. The van der Waals surface area contributed by atoms with Crippen LogP contribution in [-0.2, 0) is 0 Å². The standard InChI is InChI=1S/C23H24FN5O2.2C23H25FN4O2.C21H20FN3O2/c1-3-6-27-7-9-28(10-8-27)17-4-5-21-26-19(13-22(30)29(21)14-17)16-11-18(24)23-20(12-16)31-15(2)25-23;1-26-9-3-4-16-12-27(14-20(16)26)17-6-8-22-25-19(11-23(29)28(22)13-17)15-5-7-21(30-2)18(24)10-15;1-3-26-10-16-12-27(13-17(16)11-26)18-5-7-22-25-20(9-23(29)28(22)14-18)15-4-6-21(30-2)19(24)8-15;1-13-9-16(14-5-7-23-8-6-14)12-25-20(26)11-18(24-21(13)25)15-3-4-19(27-2)17(22)10-15/h4-5,11-14H,3,6-10H2,1-2H3;5-8,10-11,13,16,20H,3-4,9,12,14H2,1-2H3;4-9,14,16-17H,3,10-13H2,1-2H3;3-5,9-12,23H,6-8H2,1-2H3/t;16-,20+;16-,17+;/m.1../s1. The molecule has 118 heavy (non-hydrogen) atoms. The van der Waals surface area contributed by atoms with Gasteiger partial charge in [0.25, 0.3) is 22.2 Å². The molecule has 0 unspecified atom stereocenters. The molecule has 9 aromatic heterocycles. The van der Waals surface area contributed by atoms with Gasteiger partial charge in [-0.1, -0.05) is 19.9 Å². The molecule has 6 aliphatic heterocycles. The number of likely N-dealkylation sites (tertiary alicyclic amines) is 2. The Morgan fingerprint density at radius 3 is 1.44 bits per heavy atom. The molecule has 4 atom stereocenters. The van der Waals surface area contributed by atoms with Crippen LogP contribution in [0.25, 0.3) is 84.3 Å². The molecule has 0 aliphatic carbocycles. The monoisotopic (exact) mass is 1600 g/mol. The third-order valence-corrected chi connectivity index (χ3v) is 23.6. The number of aromatic nitrogens is 9. The molecule has 15 heterocycles. The van der Waals surface area contributed by atoms with Crippen molar-refractivity contribution in [2.75, 3.05) is 141 Å². The largest absolute Gasteiger partial charge is 0.494 e. The van der Waals surface area contributed by atoms with Gasteiger partial charge in [-0.25, -0.2) is 42.5 Å². The predicted molar refractivity (Wildman–Crippen MR) is 451 cm³/mol. The van der Waals surface area contributed by atoms with Crippen LogP contribution in [0.5, 0.6) is 17.2 Å². The Bertz CT molecular complexity index is 6250. The average Bonchev–Trinajstić information content (AvgIpc) is 1.43. The molecular formula is C90H94F4N16O8. The van der Waals surface area contributed by atoms with E-state index in [0.717, 1.165) is 139 Å². The van der Waals surface area contributed by atoms with E-state index in [1.165, 1.54) is 94.3 Å². The first-order valence-electron chi connectivity index (χ1n) is 40.2. The number of nitrogens with zero attached hydrogens (tertiary/aromatic N) is 15. The number of rotatable bonds is 14. The van der Waals surface area contributed by atoms with Crippen molar-refractivity contribution in [3.63, 3.8) is 0 Å². The van der Waals surface area contributed by atoms with Crippen LogP contribution in [0.3, 0.4) is 0 Å². The van der Waals surface area contributed by atoms with Crippen molar-refractivity contribution in [3.05, 3.63) is 246 Å². The molecule has 1 N–H and O–H groups in total. The number of anilines is 3. The number of hydrogen-bond donors (Lipinski definition) is 1. The summed E-state index contributed by atoms with van der Waals surface area (Å²) in [5, 5.41) is 3.29. The van der Waals surface area contributed by atoms with Gasteiger partial charge >= 0.3 is 0 Å². The fraction of sp³-hybridized carbons (Fsp3) is 0.344. The van der Waals surface area contributed by atoms with Gasteiger partial charge in [-0.05, 0) is 209 Å². The van der Waals surface area contributed by atoms with Gasteiger partial charge in [-0.15, -0.1) is 0 Å². The molecule has 0 bridgehead atoms. The summed E-state index contributed by atoms with van der Waals surface area (Å²) in [4.78, 5) is 88.1. The minimum atomic E-state index is -0.496. The van der Waals surface area contributed by atoms with Gasteiger partial charge in [0, 0.05) is 156 Å². The maximum Gasteiger partial charge on any atom is 0.258 e. The van der Waals surface area contributed by atoms with Crippen molar-refractivity contribution < 1.29 is 36.2 Å². The minimum absolute atomic E-state index is 0.160. The number of halogens is 4. The molecule has 28 heteroatoms. The van der Waals surface area contributed by atoms with Crippen LogP contribution >= 0.6 is 0 Å². The van der Waals surface area contributed by atoms with Crippen LogP contribution in [0.2, 0.25) is 0 Å². The Balaban J connectivity index is 0.000000118. The second kappa shape index (κ2) is 34.2. The normalized spacial score (nSPS) is 18.2. The molecule has 13 aromatic rings. The van der Waals surface area contributed by atoms with E-state index in [-0.39, 0.29) is 45.0 Å². The Kier molecular flexibility index (Phi) is 23.1. The number of benzene rings is 4. The maximum absolute atomic E-state index is 14.5. The smallest absolute Gasteiger partial charge is 0.258 e. The summed E-state index contributed by atoms with van der Waals surface area (Å²) in [6.45, 7) is 23.5. The highest BCUT2D eigenvalue weighted by Crippen LogP contribution is 2.37.